The van der Waals surface area contributed by atoms with Crippen molar-refractivity contribution in [3.05, 3.63) is 59.4 Å². The number of hydrogen-bond donors (Lipinski definition) is 1. The van der Waals surface area contributed by atoms with E-state index in [1.165, 1.54) is 0 Å². The Hall–Kier alpha value is -1.87. The van der Waals surface area contributed by atoms with E-state index in [2.05, 4.69) is 4.98 Å². The van der Waals surface area contributed by atoms with Gasteiger partial charge in [0, 0.05) is 6.20 Å². The maximum atomic E-state index is 10.4. The summed E-state index contributed by atoms with van der Waals surface area (Å²) in [7, 11) is 0. The van der Waals surface area contributed by atoms with Crippen molar-refractivity contribution in [2.24, 2.45) is 0 Å². The van der Waals surface area contributed by atoms with Crippen LogP contribution in [-0.2, 0) is 0 Å². The van der Waals surface area contributed by atoms with Gasteiger partial charge in [-0.3, -0.25) is 4.98 Å². The van der Waals surface area contributed by atoms with Crippen LogP contribution in [0.5, 0.6) is 5.75 Å². The van der Waals surface area contributed by atoms with E-state index < -0.39 is 6.10 Å². The Morgan fingerprint density at radius 1 is 1.26 bits per heavy atom. The van der Waals surface area contributed by atoms with E-state index in [1.807, 2.05) is 43.3 Å². The van der Waals surface area contributed by atoms with Gasteiger partial charge in [-0.1, -0.05) is 12.1 Å². The molecule has 1 saturated carbocycles. The Balaban J connectivity index is 1.83. The van der Waals surface area contributed by atoms with Gasteiger partial charge in [-0.05, 0) is 55.2 Å². The van der Waals surface area contributed by atoms with Gasteiger partial charge in [0.1, 0.15) is 11.9 Å². The summed E-state index contributed by atoms with van der Waals surface area (Å²) in [5.74, 6) is 0.826. The summed E-state index contributed by atoms with van der Waals surface area (Å²) in [6, 6.07) is 11.5. The zero-order chi connectivity index (χ0) is 13.2. The summed E-state index contributed by atoms with van der Waals surface area (Å²) in [5, 5.41) is 10.4. The molecule has 98 valence electrons. The molecule has 0 saturated heterocycles. The average Bonchev–Trinajstić information content (AvgIpc) is 3.22. The number of pyridine rings is 1. The molecule has 1 aliphatic carbocycles. The van der Waals surface area contributed by atoms with Gasteiger partial charge < -0.3 is 9.84 Å². The minimum atomic E-state index is -0.706. The predicted octanol–water partition coefficient (Wildman–Crippen LogP) is 3.01. The van der Waals surface area contributed by atoms with Gasteiger partial charge in [-0.25, -0.2) is 0 Å². The zero-order valence-corrected chi connectivity index (χ0v) is 10.9. The number of aliphatic hydroxyl groups is 1. The quantitative estimate of drug-likeness (QED) is 0.913. The van der Waals surface area contributed by atoms with E-state index in [0.717, 1.165) is 29.7 Å². The lowest BCUT2D eigenvalue weighted by molar-refractivity contribution is 0.214. The third-order valence-electron chi connectivity index (χ3n) is 3.22. The maximum absolute atomic E-state index is 10.4. The van der Waals surface area contributed by atoms with Crippen LogP contribution < -0.4 is 4.74 Å². The van der Waals surface area contributed by atoms with Gasteiger partial charge >= 0.3 is 0 Å². The lowest BCUT2D eigenvalue weighted by atomic mass is 10.0. The molecule has 0 spiro atoms. The molecule has 2 aromatic rings. The molecule has 1 heterocycles. The number of ether oxygens (including phenoxy) is 1. The molecule has 1 fully saturated rings. The molecule has 0 aliphatic heterocycles. The first-order chi connectivity index (χ1) is 9.22. The second-order valence-electron chi connectivity index (χ2n) is 5.05. The van der Waals surface area contributed by atoms with Crippen molar-refractivity contribution in [3.8, 4) is 5.75 Å². The molecule has 3 rings (SSSR count). The van der Waals surface area contributed by atoms with Gasteiger partial charge in [0.15, 0.2) is 0 Å². The van der Waals surface area contributed by atoms with Crippen molar-refractivity contribution in [3.63, 3.8) is 0 Å². The lowest BCUT2D eigenvalue weighted by Crippen LogP contribution is -2.03. The third-order valence-corrected chi connectivity index (χ3v) is 3.22. The SMILES string of the molecule is Cc1ccnc(C(O)c2cccc(OC3CC3)c2)c1. The van der Waals surface area contributed by atoms with Gasteiger partial charge in [-0.15, -0.1) is 0 Å². The third kappa shape index (κ3) is 2.93. The van der Waals surface area contributed by atoms with E-state index >= 15 is 0 Å². The van der Waals surface area contributed by atoms with Gasteiger partial charge in [-0.2, -0.15) is 0 Å². The highest BCUT2D eigenvalue weighted by molar-refractivity contribution is 5.34. The number of aromatic nitrogens is 1. The smallest absolute Gasteiger partial charge is 0.121 e. The Bertz CT molecular complexity index is 578. The summed E-state index contributed by atoms with van der Waals surface area (Å²) in [6.45, 7) is 1.99. The minimum Gasteiger partial charge on any atom is -0.490 e. The van der Waals surface area contributed by atoms with E-state index in [9.17, 15) is 5.11 Å². The van der Waals surface area contributed by atoms with Gasteiger partial charge in [0.2, 0.25) is 0 Å². The summed E-state index contributed by atoms with van der Waals surface area (Å²) in [6.07, 6.45) is 3.64. The fourth-order valence-electron chi connectivity index (χ4n) is 2.02. The van der Waals surface area contributed by atoms with Crippen molar-refractivity contribution in [2.75, 3.05) is 0 Å². The van der Waals surface area contributed by atoms with Crippen molar-refractivity contribution >= 4 is 0 Å². The highest BCUT2D eigenvalue weighted by Gasteiger charge is 2.23. The average molecular weight is 255 g/mol. The van der Waals surface area contributed by atoms with Crippen LogP contribution in [0.25, 0.3) is 0 Å². The zero-order valence-electron chi connectivity index (χ0n) is 10.9. The van der Waals surface area contributed by atoms with Crippen LogP contribution in [0.3, 0.4) is 0 Å². The highest BCUT2D eigenvalue weighted by Crippen LogP contribution is 2.29. The van der Waals surface area contributed by atoms with Crippen LogP contribution in [0.2, 0.25) is 0 Å². The molecule has 1 unspecified atom stereocenters. The van der Waals surface area contributed by atoms with Crippen LogP contribution in [0.1, 0.15) is 35.8 Å². The van der Waals surface area contributed by atoms with E-state index in [4.69, 9.17) is 4.74 Å². The molecule has 3 nitrogen and oxygen atoms in total. The lowest BCUT2D eigenvalue weighted by Gasteiger charge is -2.13. The number of nitrogens with zero attached hydrogens (tertiary/aromatic N) is 1. The summed E-state index contributed by atoms with van der Waals surface area (Å²) < 4.78 is 5.74. The first kappa shape index (κ1) is 12.2. The number of benzene rings is 1. The molecule has 0 bridgehead atoms. The second kappa shape index (κ2) is 5.02. The molecular weight excluding hydrogens is 238 g/mol. The van der Waals surface area contributed by atoms with Gasteiger partial charge in [0.25, 0.3) is 0 Å². The molecule has 1 atom stereocenters. The summed E-state index contributed by atoms with van der Waals surface area (Å²) in [4.78, 5) is 4.23. The molecule has 1 aromatic carbocycles. The van der Waals surface area contributed by atoms with Crippen LogP contribution in [-0.4, -0.2) is 16.2 Å². The van der Waals surface area contributed by atoms with E-state index in [-0.39, 0.29) is 0 Å². The number of hydrogen-bond acceptors (Lipinski definition) is 3. The van der Waals surface area contributed by atoms with Crippen LogP contribution in [0.4, 0.5) is 0 Å². The second-order valence-corrected chi connectivity index (χ2v) is 5.05. The Kier molecular flexibility index (Phi) is 3.22. The molecule has 1 aromatic heterocycles. The maximum Gasteiger partial charge on any atom is 0.121 e. The van der Waals surface area contributed by atoms with E-state index in [1.54, 1.807) is 6.20 Å². The normalized spacial score (nSPS) is 16.1. The first-order valence-electron chi connectivity index (χ1n) is 6.59. The standard InChI is InChI=1S/C16H17NO2/c1-11-7-8-17-15(9-11)16(18)12-3-2-4-14(10-12)19-13-5-6-13/h2-4,7-10,13,16,18H,5-6H2,1H3. The Morgan fingerprint density at radius 3 is 2.84 bits per heavy atom. The predicted molar refractivity (Wildman–Crippen MR) is 73.1 cm³/mol. The Labute approximate surface area is 112 Å². The molecule has 0 amide bonds. The molecular formula is C16H17NO2. The molecule has 3 heteroatoms. The Morgan fingerprint density at radius 2 is 2.11 bits per heavy atom. The molecule has 1 aliphatic rings. The van der Waals surface area contributed by atoms with Crippen LogP contribution in [0.15, 0.2) is 42.6 Å². The van der Waals surface area contributed by atoms with Gasteiger partial charge in [0.05, 0.1) is 11.8 Å². The number of aliphatic hydroxyl groups excluding tert-OH is 1. The fraction of sp³-hybridized carbons (Fsp3) is 0.312. The number of rotatable bonds is 4. The fourth-order valence-corrected chi connectivity index (χ4v) is 2.02. The molecule has 1 N–H and O–H groups in total. The highest BCUT2D eigenvalue weighted by atomic mass is 16.5. The van der Waals surface area contributed by atoms with Crippen molar-refractivity contribution in [1.29, 1.82) is 0 Å². The summed E-state index contributed by atoms with van der Waals surface area (Å²) in [5.41, 5.74) is 2.58. The van der Waals surface area contributed by atoms with Crippen LogP contribution >= 0.6 is 0 Å². The van der Waals surface area contributed by atoms with Crippen molar-refractivity contribution in [1.82, 2.24) is 4.98 Å². The van der Waals surface area contributed by atoms with Crippen molar-refractivity contribution < 1.29 is 9.84 Å². The number of aryl methyl sites for hydroxylation is 1. The monoisotopic (exact) mass is 255 g/mol. The summed E-state index contributed by atoms with van der Waals surface area (Å²) >= 11 is 0. The van der Waals surface area contributed by atoms with Crippen LogP contribution in [0, 0.1) is 6.92 Å². The molecule has 0 radical (unpaired) electrons. The first-order valence-corrected chi connectivity index (χ1v) is 6.59. The van der Waals surface area contributed by atoms with E-state index in [0.29, 0.717) is 11.8 Å². The minimum absolute atomic E-state index is 0.365. The van der Waals surface area contributed by atoms with Crippen molar-refractivity contribution in [2.45, 2.75) is 32.0 Å². The topological polar surface area (TPSA) is 42.4 Å². The molecule has 19 heavy (non-hydrogen) atoms. The largest absolute Gasteiger partial charge is 0.490 e.